The van der Waals surface area contributed by atoms with E-state index >= 15 is 0 Å². The monoisotopic (exact) mass is 331 g/mol. The van der Waals surface area contributed by atoms with E-state index in [1.165, 1.54) is 17.8 Å². The molecule has 0 saturated heterocycles. The first-order valence-corrected chi connectivity index (χ1v) is 8.12. The normalized spacial score (nSPS) is 11.0. The molecular formula is C20H13NO2S. The SMILES string of the molecule is N#C/C(=C\c1ccc(Sc2ccccc2)o1)C(=O)c1ccccc1. The van der Waals surface area contributed by atoms with Gasteiger partial charge in [-0.3, -0.25) is 4.79 Å². The standard InChI is InChI=1S/C20H13NO2S/c21-14-16(20(22)15-7-3-1-4-8-15)13-17-11-12-19(23-17)24-18-9-5-2-6-10-18/h1-13H/b16-13+. The fraction of sp³-hybridized carbons (Fsp3) is 0. The molecule has 3 rings (SSSR count). The highest BCUT2D eigenvalue weighted by Gasteiger charge is 2.13. The van der Waals surface area contributed by atoms with Gasteiger partial charge >= 0.3 is 0 Å². The van der Waals surface area contributed by atoms with Crippen molar-refractivity contribution in [3.8, 4) is 6.07 Å². The molecule has 0 aliphatic heterocycles. The first-order chi connectivity index (χ1) is 11.8. The van der Waals surface area contributed by atoms with Crippen LogP contribution < -0.4 is 0 Å². The smallest absolute Gasteiger partial charge is 0.203 e. The molecule has 1 heterocycles. The summed E-state index contributed by atoms with van der Waals surface area (Å²) >= 11 is 1.48. The lowest BCUT2D eigenvalue weighted by Gasteiger charge is -1.98. The zero-order valence-corrected chi connectivity index (χ0v) is 13.5. The lowest BCUT2D eigenvalue weighted by molar-refractivity contribution is 0.104. The highest BCUT2D eigenvalue weighted by Crippen LogP contribution is 2.29. The number of carbonyl (C=O) groups is 1. The van der Waals surface area contributed by atoms with Gasteiger partial charge in [-0.25, -0.2) is 0 Å². The van der Waals surface area contributed by atoms with Crippen LogP contribution in [0, 0.1) is 11.3 Å². The van der Waals surface area contributed by atoms with Crippen LogP contribution in [0.4, 0.5) is 0 Å². The van der Waals surface area contributed by atoms with Crippen LogP contribution in [0.1, 0.15) is 16.1 Å². The molecule has 0 radical (unpaired) electrons. The molecule has 116 valence electrons. The first-order valence-electron chi connectivity index (χ1n) is 7.30. The average molecular weight is 331 g/mol. The second-order valence-electron chi connectivity index (χ2n) is 4.94. The molecule has 0 atom stereocenters. The van der Waals surface area contributed by atoms with Crippen molar-refractivity contribution >= 4 is 23.6 Å². The molecule has 0 aliphatic rings. The summed E-state index contributed by atoms with van der Waals surface area (Å²) in [6, 6.07) is 24.1. The van der Waals surface area contributed by atoms with E-state index in [0.29, 0.717) is 16.4 Å². The Balaban J connectivity index is 1.80. The second-order valence-corrected chi connectivity index (χ2v) is 6.01. The van der Waals surface area contributed by atoms with Crippen LogP contribution in [0.2, 0.25) is 0 Å². The first kappa shape index (κ1) is 15.9. The van der Waals surface area contributed by atoms with Crippen LogP contribution in [0.15, 0.2) is 92.8 Å². The molecule has 0 fully saturated rings. The molecule has 0 amide bonds. The van der Waals surface area contributed by atoms with E-state index in [1.807, 2.05) is 48.5 Å². The Hall–Kier alpha value is -3.03. The van der Waals surface area contributed by atoms with Crippen molar-refractivity contribution in [2.24, 2.45) is 0 Å². The van der Waals surface area contributed by atoms with Crippen LogP contribution in [0.5, 0.6) is 0 Å². The van der Waals surface area contributed by atoms with Crippen molar-refractivity contribution in [2.75, 3.05) is 0 Å². The summed E-state index contributed by atoms with van der Waals surface area (Å²) in [5.74, 6) is 0.168. The van der Waals surface area contributed by atoms with Gasteiger partial charge in [0.1, 0.15) is 17.4 Å². The molecule has 3 aromatic rings. The van der Waals surface area contributed by atoms with Gasteiger partial charge in [0.2, 0.25) is 5.78 Å². The summed E-state index contributed by atoms with van der Waals surface area (Å²) in [4.78, 5) is 13.4. The van der Waals surface area contributed by atoms with Gasteiger partial charge < -0.3 is 4.42 Å². The van der Waals surface area contributed by atoms with Crippen molar-refractivity contribution in [1.82, 2.24) is 0 Å². The van der Waals surface area contributed by atoms with Gasteiger partial charge in [-0.05, 0) is 24.3 Å². The van der Waals surface area contributed by atoms with Crippen LogP contribution >= 0.6 is 11.8 Å². The number of benzene rings is 2. The van der Waals surface area contributed by atoms with Gasteiger partial charge in [-0.1, -0.05) is 60.3 Å². The van der Waals surface area contributed by atoms with Gasteiger partial charge in [0, 0.05) is 16.5 Å². The van der Waals surface area contributed by atoms with Crippen molar-refractivity contribution < 1.29 is 9.21 Å². The van der Waals surface area contributed by atoms with E-state index < -0.39 is 0 Å². The van der Waals surface area contributed by atoms with Crippen molar-refractivity contribution in [2.45, 2.75) is 9.99 Å². The Morgan fingerprint density at radius 1 is 0.958 bits per heavy atom. The molecule has 0 spiro atoms. The Bertz CT molecular complexity index is 906. The Morgan fingerprint density at radius 3 is 2.29 bits per heavy atom. The molecule has 0 aliphatic carbocycles. The summed E-state index contributed by atoms with van der Waals surface area (Å²) in [6.07, 6.45) is 1.48. The number of Topliss-reactive ketones (excluding diaryl/α,β-unsaturated/α-hetero) is 1. The molecular weight excluding hydrogens is 318 g/mol. The predicted molar refractivity (Wildman–Crippen MR) is 93.6 cm³/mol. The second kappa shape index (κ2) is 7.49. The fourth-order valence-electron chi connectivity index (χ4n) is 2.11. The minimum absolute atomic E-state index is 0.0480. The fourth-order valence-corrected chi connectivity index (χ4v) is 2.91. The number of nitriles is 1. The zero-order chi connectivity index (χ0) is 16.8. The Kier molecular flexibility index (Phi) is 4.95. The molecule has 0 saturated carbocycles. The lowest BCUT2D eigenvalue weighted by Crippen LogP contribution is -2.01. The molecule has 4 heteroatoms. The molecule has 24 heavy (non-hydrogen) atoms. The molecule has 0 unspecified atom stereocenters. The maximum absolute atomic E-state index is 12.3. The minimum atomic E-state index is -0.313. The lowest BCUT2D eigenvalue weighted by atomic mass is 10.0. The summed E-state index contributed by atoms with van der Waals surface area (Å²) in [6.45, 7) is 0. The van der Waals surface area contributed by atoms with Crippen LogP contribution in [0.25, 0.3) is 6.08 Å². The molecule has 1 aromatic heterocycles. The summed E-state index contributed by atoms with van der Waals surface area (Å²) in [5, 5.41) is 9.98. The van der Waals surface area contributed by atoms with Gasteiger partial charge in [-0.2, -0.15) is 5.26 Å². The Morgan fingerprint density at radius 2 is 1.62 bits per heavy atom. The summed E-state index contributed by atoms with van der Waals surface area (Å²) in [5.41, 5.74) is 0.530. The van der Waals surface area contributed by atoms with Crippen molar-refractivity contribution in [1.29, 1.82) is 5.26 Å². The van der Waals surface area contributed by atoms with E-state index in [2.05, 4.69) is 0 Å². The number of hydrogen-bond donors (Lipinski definition) is 0. The third kappa shape index (κ3) is 3.83. The summed E-state index contributed by atoms with van der Waals surface area (Å²) < 4.78 is 5.69. The number of carbonyl (C=O) groups excluding carboxylic acids is 1. The van der Waals surface area contributed by atoms with Gasteiger partial charge in [0.15, 0.2) is 5.09 Å². The van der Waals surface area contributed by atoms with Gasteiger partial charge in [0.05, 0.1) is 0 Å². The minimum Gasteiger partial charge on any atom is -0.450 e. The van der Waals surface area contributed by atoms with Crippen molar-refractivity contribution in [3.63, 3.8) is 0 Å². The van der Waals surface area contributed by atoms with E-state index in [-0.39, 0.29) is 11.4 Å². The van der Waals surface area contributed by atoms with Gasteiger partial charge in [-0.15, -0.1) is 0 Å². The number of ketones is 1. The van der Waals surface area contributed by atoms with Gasteiger partial charge in [0.25, 0.3) is 0 Å². The van der Waals surface area contributed by atoms with E-state index in [9.17, 15) is 10.1 Å². The topological polar surface area (TPSA) is 54.0 Å². The zero-order valence-electron chi connectivity index (χ0n) is 12.7. The maximum Gasteiger partial charge on any atom is 0.203 e. The molecule has 3 nitrogen and oxygen atoms in total. The highest BCUT2D eigenvalue weighted by molar-refractivity contribution is 7.99. The Labute approximate surface area is 144 Å². The molecule has 0 bridgehead atoms. The largest absolute Gasteiger partial charge is 0.450 e. The number of furan rings is 1. The van der Waals surface area contributed by atoms with E-state index in [4.69, 9.17) is 4.42 Å². The van der Waals surface area contributed by atoms with Crippen molar-refractivity contribution in [3.05, 3.63) is 89.7 Å². The number of rotatable bonds is 5. The van der Waals surface area contributed by atoms with Crippen LogP contribution in [-0.2, 0) is 0 Å². The molecule has 2 aromatic carbocycles. The summed E-state index contributed by atoms with van der Waals surface area (Å²) in [7, 11) is 0. The molecule has 0 N–H and O–H groups in total. The maximum atomic E-state index is 12.3. The predicted octanol–water partition coefficient (Wildman–Crippen LogP) is 5.22. The quantitative estimate of drug-likeness (QED) is 0.365. The van der Waals surface area contributed by atoms with Crippen LogP contribution in [0.3, 0.4) is 0 Å². The number of nitrogens with zero attached hydrogens (tertiary/aromatic N) is 1. The van der Waals surface area contributed by atoms with E-state index in [1.54, 1.807) is 30.3 Å². The average Bonchev–Trinajstić information content (AvgIpc) is 3.07. The van der Waals surface area contributed by atoms with Crippen LogP contribution in [-0.4, -0.2) is 5.78 Å². The number of hydrogen-bond acceptors (Lipinski definition) is 4. The third-order valence-corrected chi connectivity index (χ3v) is 4.18. The van der Waals surface area contributed by atoms with E-state index in [0.717, 1.165) is 4.90 Å². The third-order valence-electron chi connectivity index (χ3n) is 3.25. The highest BCUT2D eigenvalue weighted by atomic mass is 32.2. The number of allylic oxidation sites excluding steroid dienone is 1.